The van der Waals surface area contributed by atoms with Crippen molar-refractivity contribution in [2.45, 2.75) is 31.7 Å². The van der Waals surface area contributed by atoms with E-state index < -0.39 is 5.97 Å². The fourth-order valence-corrected chi connectivity index (χ4v) is 2.39. The Bertz CT molecular complexity index is 375. The van der Waals surface area contributed by atoms with Crippen molar-refractivity contribution in [2.24, 2.45) is 5.92 Å². The third-order valence-corrected chi connectivity index (χ3v) is 3.52. The number of carboxylic acids is 1. The zero-order chi connectivity index (χ0) is 12.3. The van der Waals surface area contributed by atoms with Gasteiger partial charge in [-0.25, -0.2) is 9.97 Å². The first-order chi connectivity index (χ1) is 8.18. The van der Waals surface area contributed by atoms with Gasteiger partial charge in [-0.15, -0.1) is 0 Å². The SMILES string of the molecule is CN(c1ccncn1)C1CCC(C(=O)O)CC1. The molecule has 0 spiro atoms. The first kappa shape index (κ1) is 11.8. The van der Waals surface area contributed by atoms with E-state index in [-0.39, 0.29) is 5.92 Å². The molecule has 1 aromatic heterocycles. The summed E-state index contributed by atoms with van der Waals surface area (Å²) in [6, 6.07) is 2.27. The summed E-state index contributed by atoms with van der Waals surface area (Å²) in [4.78, 5) is 21.1. The van der Waals surface area contributed by atoms with Crippen molar-refractivity contribution in [3.8, 4) is 0 Å². The average molecular weight is 235 g/mol. The molecule has 1 heterocycles. The van der Waals surface area contributed by atoms with Crippen LogP contribution < -0.4 is 4.90 Å². The molecular formula is C12H17N3O2. The van der Waals surface area contributed by atoms with Crippen LogP contribution in [0.25, 0.3) is 0 Å². The zero-order valence-electron chi connectivity index (χ0n) is 9.91. The molecule has 0 unspecified atom stereocenters. The molecule has 0 aliphatic heterocycles. The normalized spacial score (nSPS) is 24.3. The van der Waals surface area contributed by atoms with E-state index in [2.05, 4.69) is 14.9 Å². The molecule has 1 aromatic rings. The molecule has 1 fully saturated rings. The van der Waals surface area contributed by atoms with E-state index in [4.69, 9.17) is 5.11 Å². The monoisotopic (exact) mass is 235 g/mol. The Morgan fingerprint density at radius 2 is 2.12 bits per heavy atom. The highest BCUT2D eigenvalue weighted by Crippen LogP contribution is 2.28. The van der Waals surface area contributed by atoms with Crippen molar-refractivity contribution in [3.05, 3.63) is 18.6 Å². The maximum atomic E-state index is 10.9. The maximum Gasteiger partial charge on any atom is 0.306 e. The maximum absolute atomic E-state index is 10.9. The summed E-state index contributed by atoms with van der Waals surface area (Å²) < 4.78 is 0. The van der Waals surface area contributed by atoms with Crippen LogP contribution >= 0.6 is 0 Å². The molecule has 5 nitrogen and oxygen atoms in total. The van der Waals surface area contributed by atoms with E-state index >= 15 is 0 Å². The Balaban J connectivity index is 1.95. The van der Waals surface area contributed by atoms with Gasteiger partial charge in [0.25, 0.3) is 0 Å². The van der Waals surface area contributed by atoms with Gasteiger partial charge in [-0.05, 0) is 31.7 Å². The second-order valence-corrected chi connectivity index (χ2v) is 4.52. The molecule has 1 N–H and O–H groups in total. The Morgan fingerprint density at radius 1 is 1.41 bits per heavy atom. The first-order valence-corrected chi connectivity index (χ1v) is 5.90. The lowest BCUT2D eigenvalue weighted by Gasteiger charge is -2.34. The van der Waals surface area contributed by atoms with Gasteiger partial charge in [0, 0.05) is 19.3 Å². The molecule has 0 radical (unpaired) electrons. The molecule has 1 saturated carbocycles. The summed E-state index contributed by atoms with van der Waals surface area (Å²) in [5.74, 6) is 0.0805. The summed E-state index contributed by atoms with van der Waals surface area (Å²) in [7, 11) is 2.01. The smallest absolute Gasteiger partial charge is 0.306 e. The Kier molecular flexibility index (Phi) is 3.56. The van der Waals surface area contributed by atoms with E-state index in [1.807, 2.05) is 13.1 Å². The molecule has 0 bridgehead atoms. The fourth-order valence-electron chi connectivity index (χ4n) is 2.39. The summed E-state index contributed by atoms with van der Waals surface area (Å²) in [5, 5.41) is 8.95. The number of hydrogen-bond donors (Lipinski definition) is 1. The van der Waals surface area contributed by atoms with E-state index in [0.717, 1.165) is 31.5 Å². The number of nitrogens with zero attached hydrogens (tertiary/aromatic N) is 3. The minimum Gasteiger partial charge on any atom is -0.481 e. The number of hydrogen-bond acceptors (Lipinski definition) is 4. The van der Waals surface area contributed by atoms with Gasteiger partial charge in [0.1, 0.15) is 12.1 Å². The Hall–Kier alpha value is -1.65. The lowest BCUT2D eigenvalue weighted by atomic mass is 9.85. The Labute approximate surface area is 100 Å². The van der Waals surface area contributed by atoms with Gasteiger partial charge < -0.3 is 10.0 Å². The highest BCUT2D eigenvalue weighted by Gasteiger charge is 2.28. The summed E-state index contributed by atoms with van der Waals surface area (Å²) in [6.45, 7) is 0. The van der Waals surface area contributed by atoms with Gasteiger partial charge in [0.15, 0.2) is 0 Å². The molecule has 5 heteroatoms. The first-order valence-electron chi connectivity index (χ1n) is 5.90. The number of carbonyl (C=O) groups is 1. The predicted octanol–water partition coefficient (Wildman–Crippen LogP) is 1.56. The highest BCUT2D eigenvalue weighted by atomic mass is 16.4. The third kappa shape index (κ3) is 2.72. The van der Waals surface area contributed by atoms with E-state index in [1.165, 1.54) is 6.33 Å². The largest absolute Gasteiger partial charge is 0.481 e. The second-order valence-electron chi connectivity index (χ2n) is 4.52. The van der Waals surface area contributed by atoms with Crippen LogP contribution in [0.5, 0.6) is 0 Å². The molecule has 1 aliphatic rings. The van der Waals surface area contributed by atoms with E-state index in [9.17, 15) is 4.79 Å². The fraction of sp³-hybridized carbons (Fsp3) is 0.583. The van der Waals surface area contributed by atoms with Crippen molar-refractivity contribution in [1.82, 2.24) is 9.97 Å². The third-order valence-electron chi connectivity index (χ3n) is 3.52. The van der Waals surface area contributed by atoms with Crippen LogP contribution in [0, 0.1) is 5.92 Å². The van der Waals surface area contributed by atoms with Crippen LogP contribution in [0.2, 0.25) is 0 Å². The van der Waals surface area contributed by atoms with E-state index in [0.29, 0.717) is 6.04 Å². The molecule has 1 aliphatic carbocycles. The molecule has 0 saturated heterocycles. The molecule has 2 rings (SSSR count). The molecule has 0 aromatic carbocycles. The average Bonchev–Trinajstić information content (AvgIpc) is 2.39. The Morgan fingerprint density at radius 3 is 2.65 bits per heavy atom. The van der Waals surface area contributed by atoms with Gasteiger partial charge in [0.2, 0.25) is 0 Å². The minimum atomic E-state index is -0.659. The highest BCUT2D eigenvalue weighted by molar-refractivity contribution is 5.70. The predicted molar refractivity (Wildman–Crippen MR) is 63.8 cm³/mol. The summed E-state index contributed by atoms with van der Waals surface area (Å²) in [6.07, 6.45) is 6.61. The number of aromatic nitrogens is 2. The van der Waals surface area contributed by atoms with Gasteiger partial charge in [0.05, 0.1) is 5.92 Å². The topological polar surface area (TPSA) is 66.3 Å². The summed E-state index contributed by atoms with van der Waals surface area (Å²) >= 11 is 0. The van der Waals surface area contributed by atoms with Crippen molar-refractivity contribution >= 4 is 11.8 Å². The molecular weight excluding hydrogens is 218 g/mol. The van der Waals surface area contributed by atoms with Crippen molar-refractivity contribution < 1.29 is 9.90 Å². The number of aliphatic carboxylic acids is 1. The number of anilines is 1. The number of rotatable bonds is 3. The van der Waals surface area contributed by atoms with Crippen molar-refractivity contribution in [2.75, 3.05) is 11.9 Å². The molecule has 0 atom stereocenters. The molecule has 0 amide bonds. The molecule has 17 heavy (non-hydrogen) atoms. The van der Waals surface area contributed by atoms with Crippen LogP contribution in [0.4, 0.5) is 5.82 Å². The van der Waals surface area contributed by atoms with Crippen LogP contribution in [0.1, 0.15) is 25.7 Å². The second kappa shape index (κ2) is 5.12. The van der Waals surface area contributed by atoms with Gasteiger partial charge >= 0.3 is 5.97 Å². The van der Waals surface area contributed by atoms with Crippen LogP contribution in [-0.2, 0) is 4.79 Å². The quantitative estimate of drug-likeness (QED) is 0.861. The van der Waals surface area contributed by atoms with Crippen LogP contribution in [0.15, 0.2) is 18.6 Å². The summed E-state index contributed by atoms with van der Waals surface area (Å²) in [5.41, 5.74) is 0. The van der Waals surface area contributed by atoms with E-state index in [1.54, 1.807) is 6.20 Å². The lowest BCUT2D eigenvalue weighted by Crippen LogP contribution is -2.37. The van der Waals surface area contributed by atoms with Crippen molar-refractivity contribution in [1.29, 1.82) is 0 Å². The van der Waals surface area contributed by atoms with Gasteiger partial charge in [-0.2, -0.15) is 0 Å². The zero-order valence-corrected chi connectivity index (χ0v) is 9.91. The lowest BCUT2D eigenvalue weighted by molar-refractivity contribution is -0.142. The molecule has 92 valence electrons. The number of carboxylic acid groups (broad SMARTS) is 1. The standard InChI is InChI=1S/C12H17N3O2/c1-15(11-6-7-13-8-14-11)10-4-2-9(3-5-10)12(16)17/h6-10H,2-5H2,1H3,(H,16,17). The van der Waals surface area contributed by atoms with Crippen molar-refractivity contribution in [3.63, 3.8) is 0 Å². The van der Waals surface area contributed by atoms with Gasteiger partial charge in [-0.1, -0.05) is 0 Å². The van der Waals surface area contributed by atoms with Gasteiger partial charge in [-0.3, -0.25) is 4.79 Å². The van der Waals surface area contributed by atoms with Crippen LogP contribution in [0.3, 0.4) is 0 Å². The minimum absolute atomic E-state index is 0.162. The van der Waals surface area contributed by atoms with Crippen LogP contribution in [-0.4, -0.2) is 34.1 Å².